The third-order valence-corrected chi connectivity index (χ3v) is 3.58. The molecule has 98 valence electrons. The summed E-state index contributed by atoms with van der Waals surface area (Å²) < 4.78 is 13.7. The molecule has 1 aromatic rings. The quantitative estimate of drug-likeness (QED) is 0.889. The van der Waals surface area contributed by atoms with Gasteiger partial charge in [0.15, 0.2) is 0 Å². The molecular weight excluding hydrogens is 231 g/mol. The predicted molar refractivity (Wildman–Crippen MR) is 68.1 cm³/mol. The van der Waals surface area contributed by atoms with Crippen molar-refractivity contribution in [3.05, 3.63) is 35.1 Å². The minimum Gasteiger partial charge on any atom is -0.338 e. The van der Waals surface area contributed by atoms with Gasteiger partial charge in [0.1, 0.15) is 5.82 Å². The lowest BCUT2D eigenvalue weighted by Gasteiger charge is -2.17. The van der Waals surface area contributed by atoms with Crippen LogP contribution in [0, 0.1) is 11.7 Å². The molecule has 1 aromatic carbocycles. The fourth-order valence-electron chi connectivity index (χ4n) is 2.36. The van der Waals surface area contributed by atoms with Gasteiger partial charge in [-0.2, -0.15) is 0 Å². The van der Waals surface area contributed by atoms with Gasteiger partial charge in [-0.1, -0.05) is 19.4 Å². The molecule has 1 saturated heterocycles. The summed E-state index contributed by atoms with van der Waals surface area (Å²) in [7, 11) is 0. The number of amides is 1. The van der Waals surface area contributed by atoms with Crippen molar-refractivity contribution in [2.45, 2.75) is 32.9 Å². The molecule has 0 spiro atoms. The summed E-state index contributed by atoms with van der Waals surface area (Å²) in [6, 6.07) is 4.86. The summed E-state index contributed by atoms with van der Waals surface area (Å²) in [5.41, 5.74) is 7.00. The van der Waals surface area contributed by atoms with Crippen LogP contribution < -0.4 is 5.73 Å². The second-order valence-electron chi connectivity index (χ2n) is 4.88. The van der Waals surface area contributed by atoms with Gasteiger partial charge < -0.3 is 10.6 Å². The second-order valence-corrected chi connectivity index (χ2v) is 4.88. The first-order valence-corrected chi connectivity index (χ1v) is 6.39. The van der Waals surface area contributed by atoms with Crippen molar-refractivity contribution in [2.24, 2.45) is 11.7 Å². The Labute approximate surface area is 107 Å². The molecule has 1 atom stereocenters. The maximum atomic E-state index is 13.7. The minimum atomic E-state index is -0.264. The molecule has 1 amide bonds. The zero-order valence-corrected chi connectivity index (χ0v) is 10.7. The molecule has 2 N–H and O–H groups in total. The van der Waals surface area contributed by atoms with Crippen molar-refractivity contribution >= 4 is 5.91 Å². The first-order chi connectivity index (χ1) is 8.63. The van der Waals surface area contributed by atoms with Crippen LogP contribution in [0.25, 0.3) is 0 Å². The van der Waals surface area contributed by atoms with Crippen LogP contribution >= 0.6 is 0 Å². The van der Waals surface area contributed by atoms with Crippen LogP contribution in [0.5, 0.6) is 0 Å². The van der Waals surface area contributed by atoms with Gasteiger partial charge in [0.25, 0.3) is 0 Å². The highest BCUT2D eigenvalue weighted by molar-refractivity contribution is 5.78. The van der Waals surface area contributed by atoms with Crippen LogP contribution in [-0.4, -0.2) is 17.4 Å². The van der Waals surface area contributed by atoms with E-state index in [1.807, 2.05) is 0 Å². The molecule has 1 heterocycles. The summed E-state index contributed by atoms with van der Waals surface area (Å²) in [5.74, 6) is 0.276. The van der Waals surface area contributed by atoms with Crippen molar-refractivity contribution in [2.75, 3.05) is 6.54 Å². The maximum Gasteiger partial charge on any atom is 0.223 e. The molecule has 0 bridgehead atoms. The summed E-state index contributed by atoms with van der Waals surface area (Å²) in [5, 5.41) is 0. The van der Waals surface area contributed by atoms with Crippen molar-refractivity contribution < 1.29 is 9.18 Å². The highest BCUT2D eigenvalue weighted by atomic mass is 19.1. The highest BCUT2D eigenvalue weighted by Crippen LogP contribution is 2.23. The van der Waals surface area contributed by atoms with Gasteiger partial charge in [-0.25, -0.2) is 4.39 Å². The molecule has 3 nitrogen and oxygen atoms in total. The molecule has 4 heteroatoms. The molecule has 1 unspecified atom stereocenters. The largest absolute Gasteiger partial charge is 0.338 e. The van der Waals surface area contributed by atoms with E-state index >= 15 is 0 Å². The topological polar surface area (TPSA) is 46.3 Å². The third kappa shape index (κ3) is 2.70. The molecule has 1 aliphatic heterocycles. The Hall–Kier alpha value is -1.42. The minimum absolute atomic E-state index is 0.124. The van der Waals surface area contributed by atoms with E-state index < -0.39 is 0 Å². The number of nitrogens with two attached hydrogens (primary N) is 1. The fourth-order valence-corrected chi connectivity index (χ4v) is 2.36. The number of carbonyl (C=O) groups excluding carboxylic acids is 1. The molecule has 1 fully saturated rings. The average molecular weight is 250 g/mol. The van der Waals surface area contributed by atoms with Crippen LogP contribution in [0.1, 0.15) is 30.9 Å². The van der Waals surface area contributed by atoms with E-state index in [2.05, 4.69) is 6.92 Å². The van der Waals surface area contributed by atoms with E-state index in [1.54, 1.807) is 17.0 Å². The van der Waals surface area contributed by atoms with Crippen LogP contribution in [0.3, 0.4) is 0 Å². The first-order valence-electron chi connectivity index (χ1n) is 6.39. The molecule has 0 aromatic heterocycles. The van der Waals surface area contributed by atoms with Gasteiger partial charge >= 0.3 is 0 Å². The molecule has 18 heavy (non-hydrogen) atoms. The summed E-state index contributed by atoms with van der Waals surface area (Å²) in [6.45, 7) is 3.56. The Morgan fingerprint density at radius 3 is 2.89 bits per heavy atom. The van der Waals surface area contributed by atoms with Crippen LogP contribution in [0.2, 0.25) is 0 Å². The third-order valence-electron chi connectivity index (χ3n) is 3.58. The van der Waals surface area contributed by atoms with Crippen LogP contribution in [0.4, 0.5) is 4.39 Å². The average Bonchev–Trinajstić information content (AvgIpc) is 2.73. The second kappa shape index (κ2) is 5.48. The van der Waals surface area contributed by atoms with Crippen molar-refractivity contribution in [1.82, 2.24) is 4.90 Å². The highest BCUT2D eigenvalue weighted by Gasteiger charge is 2.28. The zero-order valence-electron chi connectivity index (χ0n) is 10.7. The van der Waals surface area contributed by atoms with E-state index in [4.69, 9.17) is 5.73 Å². The van der Waals surface area contributed by atoms with Gasteiger partial charge in [0, 0.05) is 31.6 Å². The van der Waals surface area contributed by atoms with Crippen molar-refractivity contribution in [3.8, 4) is 0 Å². The number of carbonyl (C=O) groups is 1. The summed E-state index contributed by atoms with van der Waals surface area (Å²) in [6.07, 6.45) is 1.59. The van der Waals surface area contributed by atoms with Gasteiger partial charge in [-0.05, 0) is 23.6 Å². The van der Waals surface area contributed by atoms with Gasteiger partial charge in [0.2, 0.25) is 5.91 Å². The number of hydrogen-bond donors (Lipinski definition) is 1. The van der Waals surface area contributed by atoms with Crippen LogP contribution in [0.15, 0.2) is 18.2 Å². The van der Waals surface area contributed by atoms with Crippen molar-refractivity contribution in [3.63, 3.8) is 0 Å². The zero-order chi connectivity index (χ0) is 13.1. The standard InChI is InChI=1S/C14H19FN2O/c1-2-10-6-14(18)17(8-10)9-12-5-11(7-16)3-4-13(12)15/h3-5,10H,2,6-9,16H2,1H3. The number of nitrogens with zero attached hydrogens (tertiary/aromatic N) is 1. The van der Waals surface area contributed by atoms with Gasteiger partial charge in [-0.15, -0.1) is 0 Å². The number of rotatable bonds is 4. The number of benzene rings is 1. The summed E-state index contributed by atoms with van der Waals surface area (Å²) in [4.78, 5) is 13.5. The normalized spacial score (nSPS) is 19.6. The number of halogens is 1. The van der Waals surface area contributed by atoms with E-state index in [0.29, 0.717) is 31.0 Å². The fraction of sp³-hybridized carbons (Fsp3) is 0.500. The summed E-state index contributed by atoms with van der Waals surface area (Å²) >= 11 is 0. The monoisotopic (exact) mass is 250 g/mol. The molecule has 0 radical (unpaired) electrons. The van der Waals surface area contributed by atoms with Gasteiger partial charge in [-0.3, -0.25) is 4.79 Å². The number of likely N-dealkylation sites (tertiary alicyclic amines) is 1. The van der Waals surface area contributed by atoms with Crippen molar-refractivity contribution in [1.29, 1.82) is 0 Å². The Kier molecular flexibility index (Phi) is 3.97. The molecule has 0 aliphatic carbocycles. The van der Waals surface area contributed by atoms with Crippen LogP contribution in [-0.2, 0) is 17.9 Å². The molecule has 1 aliphatic rings. The smallest absolute Gasteiger partial charge is 0.223 e. The predicted octanol–water partition coefficient (Wildman–Crippen LogP) is 2.04. The van der Waals surface area contributed by atoms with E-state index in [-0.39, 0.29) is 11.7 Å². The lowest BCUT2D eigenvalue weighted by atomic mass is 10.1. The lowest BCUT2D eigenvalue weighted by Crippen LogP contribution is -2.25. The van der Waals surface area contributed by atoms with E-state index in [1.165, 1.54) is 6.07 Å². The Bertz CT molecular complexity index is 447. The van der Waals surface area contributed by atoms with Gasteiger partial charge in [0.05, 0.1) is 0 Å². The molecule has 2 rings (SSSR count). The Balaban J connectivity index is 2.12. The van der Waals surface area contributed by atoms with E-state index in [0.717, 1.165) is 18.5 Å². The Morgan fingerprint density at radius 1 is 1.50 bits per heavy atom. The first kappa shape index (κ1) is 13.0. The SMILES string of the molecule is CCC1CC(=O)N(Cc2cc(CN)ccc2F)C1. The molecule has 0 saturated carbocycles. The Morgan fingerprint density at radius 2 is 2.28 bits per heavy atom. The molecular formula is C14H19FN2O. The van der Waals surface area contributed by atoms with E-state index in [9.17, 15) is 9.18 Å². The lowest BCUT2D eigenvalue weighted by molar-refractivity contribution is -0.128. The maximum absolute atomic E-state index is 13.7. The number of hydrogen-bond acceptors (Lipinski definition) is 2.